The van der Waals surface area contributed by atoms with Crippen molar-refractivity contribution in [3.8, 4) is 0 Å². The number of hydrogen-bond donors (Lipinski definition) is 1. The third-order valence-corrected chi connectivity index (χ3v) is 8.49. The number of aliphatic hydroxyl groups excluding tert-OH is 1. The molecule has 0 aliphatic carbocycles. The van der Waals surface area contributed by atoms with E-state index in [-0.39, 0.29) is 0 Å². The average molecular weight is 396 g/mol. The fourth-order valence-corrected chi connectivity index (χ4v) is 6.31. The molecule has 1 N–H and O–H groups in total. The first-order valence-electron chi connectivity index (χ1n) is 9.92. The molecular weight excluding hydrogens is 367 g/mol. The molecule has 0 radical (unpaired) electrons. The minimum absolute atomic E-state index is 0.479. The van der Waals surface area contributed by atoms with Crippen molar-refractivity contribution < 1.29 is 9.67 Å². The molecule has 1 heterocycles. The van der Waals surface area contributed by atoms with Crippen LogP contribution in [0.5, 0.6) is 0 Å². The molecule has 0 fully saturated rings. The van der Waals surface area contributed by atoms with Gasteiger partial charge in [0.1, 0.15) is 13.0 Å². The molecule has 0 amide bonds. The minimum Gasteiger partial charge on any atom is -0.381 e. The van der Waals surface area contributed by atoms with Gasteiger partial charge < -0.3 is 14.6 Å². The van der Waals surface area contributed by atoms with Gasteiger partial charge >= 0.3 is 0 Å². The predicted molar refractivity (Wildman–Crippen MR) is 117 cm³/mol. The van der Waals surface area contributed by atoms with E-state index in [0.29, 0.717) is 31.7 Å². The number of benzene rings is 2. The summed E-state index contributed by atoms with van der Waals surface area (Å²) >= 11 is 0. The quantitative estimate of drug-likeness (QED) is 0.639. The summed E-state index contributed by atoms with van der Waals surface area (Å²) in [4.78, 5) is 6.41. The summed E-state index contributed by atoms with van der Waals surface area (Å²) in [6.45, 7) is 2.73. The van der Waals surface area contributed by atoms with E-state index in [9.17, 15) is 9.67 Å². The van der Waals surface area contributed by atoms with Crippen LogP contribution >= 0.6 is 7.14 Å². The number of aliphatic imine (C=N–C) groups is 1. The van der Waals surface area contributed by atoms with Crippen molar-refractivity contribution in [2.45, 2.75) is 31.8 Å². The van der Waals surface area contributed by atoms with Crippen LogP contribution in [0.25, 0.3) is 0 Å². The van der Waals surface area contributed by atoms with E-state index < -0.39 is 19.2 Å². The van der Waals surface area contributed by atoms with Gasteiger partial charge in [0, 0.05) is 31.3 Å². The lowest BCUT2D eigenvalue weighted by atomic mass is 10.2. The van der Waals surface area contributed by atoms with Crippen LogP contribution in [0.4, 0.5) is 0 Å². The first-order chi connectivity index (χ1) is 13.6. The third-order valence-electron chi connectivity index (χ3n) is 5.30. The number of aliphatic hydroxyl groups is 1. The molecule has 28 heavy (non-hydrogen) atoms. The Labute approximate surface area is 168 Å². The highest BCUT2D eigenvalue weighted by molar-refractivity contribution is 7.64. The fourth-order valence-electron chi connectivity index (χ4n) is 3.55. The van der Waals surface area contributed by atoms with E-state index in [1.807, 2.05) is 84.8 Å². The highest BCUT2D eigenvalue weighted by Gasteiger charge is 2.38. The van der Waals surface area contributed by atoms with Crippen molar-refractivity contribution in [1.29, 1.82) is 0 Å². The molecule has 5 heteroatoms. The zero-order valence-corrected chi connectivity index (χ0v) is 17.3. The monoisotopic (exact) mass is 396 g/mol. The van der Waals surface area contributed by atoms with Gasteiger partial charge in [-0.25, -0.2) is 0 Å². The van der Waals surface area contributed by atoms with Gasteiger partial charge in [-0.3, -0.25) is 4.99 Å². The van der Waals surface area contributed by atoms with Gasteiger partial charge in [-0.05, 0) is 37.0 Å². The predicted octanol–water partition coefficient (Wildman–Crippen LogP) is 4.40. The van der Waals surface area contributed by atoms with Gasteiger partial charge in [0.25, 0.3) is 0 Å². The van der Waals surface area contributed by atoms with Crippen LogP contribution in [0.3, 0.4) is 0 Å². The Morgan fingerprint density at radius 3 is 2.04 bits per heavy atom. The molecule has 0 aromatic heterocycles. The van der Waals surface area contributed by atoms with Crippen LogP contribution in [0.15, 0.2) is 77.9 Å². The lowest BCUT2D eigenvalue weighted by molar-refractivity contribution is 0.136. The Hall–Kier alpha value is -2.16. The van der Waals surface area contributed by atoms with Crippen LogP contribution in [0.2, 0.25) is 0 Å². The zero-order valence-electron chi connectivity index (χ0n) is 16.4. The van der Waals surface area contributed by atoms with Gasteiger partial charge in [-0.15, -0.1) is 0 Å². The minimum atomic E-state index is -2.89. The van der Waals surface area contributed by atoms with Crippen LogP contribution < -0.4 is 0 Å². The molecule has 0 bridgehead atoms. The zero-order chi connectivity index (χ0) is 19.8. The Kier molecular flexibility index (Phi) is 7.24. The summed E-state index contributed by atoms with van der Waals surface area (Å²) in [6.07, 6.45) is 7.35. The van der Waals surface area contributed by atoms with Crippen molar-refractivity contribution >= 4 is 13.4 Å². The number of likely N-dealkylation sites (N-methyl/N-ethyl adjacent to an activating group) is 1. The Morgan fingerprint density at radius 1 is 1.00 bits per heavy atom. The Morgan fingerprint density at radius 2 is 1.54 bits per heavy atom. The maximum absolute atomic E-state index is 14.0. The molecule has 2 aromatic rings. The molecule has 1 aliphatic rings. The molecule has 2 unspecified atom stereocenters. The smallest absolute Gasteiger partial charge is 0.153 e. The Bertz CT molecular complexity index is 789. The third kappa shape index (κ3) is 5.21. The van der Waals surface area contributed by atoms with E-state index in [1.54, 1.807) is 6.21 Å². The Balaban J connectivity index is 1.79. The summed E-state index contributed by atoms with van der Waals surface area (Å²) in [6, 6.07) is 20.1. The topological polar surface area (TPSA) is 52.9 Å². The van der Waals surface area contributed by atoms with Crippen LogP contribution in [-0.4, -0.2) is 47.1 Å². The van der Waals surface area contributed by atoms with E-state index in [0.717, 1.165) is 11.1 Å². The molecule has 0 spiro atoms. The highest BCUT2D eigenvalue weighted by Crippen LogP contribution is 2.52. The highest BCUT2D eigenvalue weighted by atomic mass is 31.2. The molecule has 1 aliphatic heterocycles. The average Bonchev–Trinajstić information content (AvgIpc) is 2.77. The van der Waals surface area contributed by atoms with Crippen LogP contribution in [-0.2, 0) is 17.4 Å². The first kappa shape index (κ1) is 20.6. The maximum atomic E-state index is 14.0. The second kappa shape index (κ2) is 9.86. The summed E-state index contributed by atoms with van der Waals surface area (Å²) in [7, 11) is -2.89. The largest absolute Gasteiger partial charge is 0.381 e. The van der Waals surface area contributed by atoms with Crippen molar-refractivity contribution in [3.63, 3.8) is 0 Å². The van der Waals surface area contributed by atoms with Crippen LogP contribution in [0, 0.1) is 0 Å². The molecule has 148 valence electrons. The lowest BCUT2D eigenvalue weighted by Crippen LogP contribution is -2.41. The maximum Gasteiger partial charge on any atom is 0.153 e. The van der Waals surface area contributed by atoms with E-state index in [1.165, 1.54) is 0 Å². The van der Waals surface area contributed by atoms with Crippen molar-refractivity contribution in [2.75, 3.05) is 18.9 Å². The van der Waals surface area contributed by atoms with Gasteiger partial charge in [0.15, 0.2) is 6.17 Å². The molecule has 0 saturated carbocycles. The number of rotatable bonds is 9. The second-order valence-corrected chi connectivity index (χ2v) is 10.5. The van der Waals surface area contributed by atoms with Crippen LogP contribution in [0.1, 0.15) is 18.1 Å². The lowest BCUT2D eigenvalue weighted by Gasteiger charge is -2.35. The summed E-state index contributed by atoms with van der Waals surface area (Å²) < 4.78 is 14.0. The van der Waals surface area contributed by atoms with E-state index in [2.05, 4.69) is 4.99 Å². The van der Waals surface area contributed by atoms with Crippen molar-refractivity contribution in [3.05, 3.63) is 84.1 Å². The van der Waals surface area contributed by atoms with Gasteiger partial charge in [0.05, 0.1) is 0 Å². The second-order valence-electron chi connectivity index (χ2n) is 7.17. The first-order valence-corrected chi connectivity index (χ1v) is 12.1. The molecule has 2 aromatic carbocycles. The molecule has 2 atom stereocenters. The van der Waals surface area contributed by atoms with Crippen molar-refractivity contribution in [2.24, 2.45) is 4.99 Å². The standard InChI is InChI=1S/C23H29N2O2P/c1-2-25-17-9-16-24-22(25)23(26)28(27,18-14-20-10-5-3-6-11-20)19-15-21-12-7-4-8-13-21/h3-13,16-17,22-23,26H,2,14-15,18-19H2,1H3. The summed E-state index contributed by atoms with van der Waals surface area (Å²) in [5.41, 5.74) is 2.29. The van der Waals surface area contributed by atoms with E-state index >= 15 is 0 Å². The number of hydrogen-bond acceptors (Lipinski definition) is 4. The number of nitrogens with zero attached hydrogens (tertiary/aromatic N) is 2. The molecule has 4 nitrogen and oxygen atoms in total. The molecule has 0 saturated heterocycles. The van der Waals surface area contributed by atoms with Gasteiger partial charge in [-0.2, -0.15) is 0 Å². The fraction of sp³-hybridized carbons (Fsp3) is 0.348. The number of allylic oxidation sites excluding steroid dienone is 1. The van der Waals surface area contributed by atoms with E-state index in [4.69, 9.17) is 0 Å². The van der Waals surface area contributed by atoms with Crippen molar-refractivity contribution in [1.82, 2.24) is 4.90 Å². The molecule has 3 rings (SSSR count). The number of aryl methyl sites for hydroxylation is 2. The SMILES string of the molecule is CCN1C=CC=NC1C(O)P(=O)(CCc1ccccc1)CCc1ccccc1. The van der Waals surface area contributed by atoms with Gasteiger partial charge in [0.2, 0.25) is 0 Å². The normalized spacial score (nSPS) is 17.6. The summed E-state index contributed by atoms with van der Waals surface area (Å²) in [5, 5.41) is 11.2. The van der Waals surface area contributed by atoms with Gasteiger partial charge in [-0.1, -0.05) is 60.7 Å². The molecular formula is C23H29N2O2P. The summed E-state index contributed by atoms with van der Waals surface area (Å²) in [5.74, 6) is -0.971.